The normalized spacial score (nSPS) is 10.5. The van der Waals surface area contributed by atoms with Crippen molar-refractivity contribution in [1.82, 2.24) is 15.1 Å². The van der Waals surface area contributed by atoms with Crippen LogP contribution in [0.5, 0.6) is 11.5 Å². The smallest absolute Gasteiger partial charge is 0.272 e. The molecule has 0 bridgehead atoms. The van der Waals surface area contributed by atoms with Gasteiger partial charge in [0.2, 0.25) is 0 Å². The first-order chi connectivity index (χ1) is 13.0. The minimum absolute atomic E-state index is 0.0832. The van der Waals surface area contributed by atoms with Crippen LogP contribution in [0.4, 0.5) is 4.39 Å². The highest BCUT2D eigenvalue weighted by Crippen LogP contribution is 2.33. The molecule has 0 aliphatic heterocycles. The molecule has 1 N–H and O–H groups in total. The Balaban J connectivity index is 1.84. The number of aryl methyl sites for hydroxylation is 1. The fraction of sp³-hybridized carbons (Fsp3) is 0.200. The Morgan fingerprint density at radius 3 is 2.63 bits per heavy atom. The van der Waals surface area contributed by atoms with Crippen LogP contribution < -0.4 is 14.8 Å². The first kappa shape index (κ1) is 18.4. The zero-order chi connectivity index (χ0) is 19.4. The molecule has 0 aliphatic rings. The standard InChI is InChI=1S/C20H20FN3O3/c1-24-18(15-10-14(26-2)8-9-19(15)27-3)11-17(23-24)20(25)22-12-13-6-4-5-7-16(13)21/h4-11H,12H2,1-3H3,(H,22,25). The number of halogens is 1. The first-order valence-corrected chi connectivity index (χ1v) is 8.31. The molecular formula is C20H20FN3O3. The Kier molecular flexibility index (Phi) is 5.40. The van der Waals surface area contributed by atoms with Crippen molar-refractivity contribution in [2.24, 2.45) is 7.05 Å². The fourth-order valence-electron chi connectivity index (χ4n) is 2.75. The van der Waals surface area contributed by atoms with Gasteiger partial charge >= 0.3 is 0 Å². The van der Waals surface area contributed by atoms with Crippen LogP contribution in [0.15, 0.2) is 48.5 Å². The van der Waals surface area contributed by atoms with Crippen LogP contribution in [0, 0.1) is 5.82 Å². The van der Waals surface area contributed by atoms with Gasteiger partial charge in [-0.1, -0.05) is 18.2 Å². The molecule has 0 spiro atoms. The maximum absolute atomic E-state index is 13.7. The zero-order valence-corrected chi connectivity index (χ0v) is 15.3. The summed E-state index contributed by atoms with van der Waals surface area (Å²) >= 11 is 0. The van der Waals surface area contributed by atoms with Crippen molar-refractivity contribution in [1.29, 1.82) is 0 Å². The highest BCUT2D eigenvalue weighted by Gasteiger charge is 2.17. The predicted octanol–water partition coefficient (Wildman–Crippen LogP) is 3.17. The van der Waals surface area contributed by atoms with E-state index in [0.29, 0.717) is 22.8 Å². The quantitative estimate of drug-likeness (QED) is 0.725. The summed E-state index contributed by atoms with van der Waals surface area (Å²) in [5.74, 6) is 0.553. The summed E-state index contributed by atoms with van der Waals surface area (Å²) in [5.41, 5.74) is 2.09. The van der Waals surface area contributed by atoms with E-state index in [4.69, 9.17) is 9.47 Å². The highest BCUT2D eigenvalue weighted by atomic mass is 19.1. The number of methoxy groups -OCH3 is 2. The van der Waals surface area contributed by atoms with Crippen molar-refractivity contribution in [2.45, 2.75) is 6.54 Å². The minimum atomic E-state index is -0.387. The second-order valence-corrected chi connectivity index (χ2v) is 5.88. The van der Waals surface area contributed by atoms with E-state index in [1.54, 1.807) is 62.3 Å². The number of carbonyl (C=O) groups excluding carboxylic acids is 1. The number of hydrogen-bond acceptors (Lipinski definition) is 4. The van der Waals surface area contributed by atoms with E-state index in [1.165, 1.54) is 6.07 Å². The van der Waals surface area contributed by atoms with Crippen molar-refractivity contribution >= 4 is 5.91 Å². The van der Waals surface area contributed by atoms with Crippen LogP contribution in [0.3, 0.4) is 0 Å². The molecule has 1 amide bonds. The third kappa shape index (κ3) is 3.92. The Labute approximate surface area is 156 Å². The van der Waals surface area contributed by atoms with Gasteiger partial charge in [0, 0.05) is 24.7 Å². The van der Waals surface area contributed by atoms with Crippen molar-refractivity contribution in [3.63, 3.8) is 0 Å². The van der Waals surface area contributed by atoms with Crippen LogP contribution in [0.1, 0.15) is 16.1 Å². The molecule has 0 radical (unpaired) electrons. The van der Waals surface area contributed by atoms with Gasteiger partial charge in [0.1, 0.15) is 17.3 Å². The summed E-state index contributed by atoms with van der Waals surface area (Å²) in [6.07, 6.45) is 0. The van der Waals surface area contributed by atoms with E-state index < -0.39 is 0 Å². The lowest BCUT2D eigenvalue weighted by Gasteiger charge is -2.10. The van der Waals surface area contributed by atoms with E-state index in [1.807, 2.05) is 6.07 Å². The van der Waals surface area contributed by atoms with Gasteiger partial charge in [-0.15, -0.1) is 0 Å². The van der Waals surface area contributed by atoms with Crippen LogP contribution >= 0.6 is 0 Å². The van der Waals surface area contributed by atoms with Crippen molar-refractivity contribution in [2.75, 3.05) is 14.2 Å². The predicted molar refractivity (Wildman–Crippen MR) is 99.3 cm³/mol. The lowest BCUT2D eigenvalue weighted by atomic mass is 10.1. The maximum atomic E-state index is 13.7. The van der Waals surface area contributed by atoms with E-state index in [9.17, 15) is 9.18 Å². The summed E-state index contributed by atoms with van der Waals surface area (Å²) in [6, 6.07) is 13.4. The van der Waals surface area contributed by atoms with E-state index in [0.717, 1.165) is 5.56 Å². The molecule has 140 valence electrons. The number of carbonyl (C=O) groups is 1. The van der Waals surface area contributed by atoms with Crippen LogP contribution in [0.25, 0.3) is 11.3 Å². The molecule has 3 rings (SSSR count). The van der Waals surface area contributed by atoms with Crippen molar-refractivity contribution < 1.29 is 18.7 Å². The molecule has 1 aromatic heterocycles. The number of amides is 1. The number of nitrogens with one attached hydrogen (secondary N) is 1. The summed E-state index contributed by atoms with van der Waals surface area (Å²) in [4.78, 5) is 12.4. The monoisotopic (exact) mass is 369 g/mol. The number of ether oxygens (including phenoxy) is 2. The molecule has 0 unspecified atom stereocenters. The third-order valence-corrected chi connectivity index (χ3v) is 4.19. The van der Waals surface area contributed by atoms with E-state index >= 15 is 0 Å². The molecule has 6 nitrogen and oxygen atoms in total. The van der Waals surface area contributed by atoms with E-state index in [-0.39, 0.29) is 24.0 Å². The van der Waals surface area contributed by atoms with Gasteiger partial charge < -0.3 is 14.8 Å². The number of rotatable bonds is 6. The molecular weight excluding hydrogens is 349 g/mol. The molecule has 0 fully saturated rings. The Morgan fingerprint density at radius 2 is 1.93 bits per heavy atom. The highest BCUT2D eigenvalue weighted by molar-refractivity contribution is 5.93. The van der Waals surface area contributed by atoms with Gasteiger partial charge in [0.05, 0.1) is 19.9 Å². The zero-order valence-electron chi connectivity index (χ0n) is 15.3. The lowest BCUT2D eigenvalue weighted by molar-refractivity contribution is 0.0945. The summed E-state index contributed by atoms with van der Waals surface area (Å²) in [5, 5.41) is 6.96. The van der Waals surface area contributed by atoms with Crippen molar-refractivity contribution in [3.8, 4) is 22.8 Å². The van der Waals surface area contributed by atoms with E-state index in [2.05, 4.69) is 10.4 Å². The Morgan fingerprint density at radius 1 is 1.15 bits per heavy atom. The lowest BCUT2D eigenvalue weighted by Crippen LogP contribution is -2.23. The summed E-state index contributed by atoms with van der Waals surface area (Å²) in [7, 11) is 4.89. The average Bonchev–Trinajstić information content (AvgIpc) is 3.08. The largest absolute Gasteiger partial charge is 0.497 e. The van der Waals surface area contributed by atoms with Gasteiger partial charge in [-0.3, -0.25) is 9.48 Å². The number of aromatic nitrogens is 2. The number of benzene rings is 2. The molecule has 3 aromatic rings. The fourth-order valence-corrected chi connectivity index (χ4v) is 2.75. The summed E-state index contributed by atoms with van der Waals surface area (Å²) in [6.45, 7) is 0.0832. The minimum Gasteiger partial charge on any atom is -0.497 e. The second kappa shape index (κ2) is 7.90. The molecule has 0 saturated carbocycles. The van der Waals surface area contributed by atoms with Gasteiger partial charge in [-0.2, -0.15) is 5.10 Å². The van der Waals surface area contributed by atoms with Gasteiger partial charge in [0.15, 0.2) is 5.69 Å². The van der Waals surface area contributed by atoms with Gasteiger partial charge in [-0.05, 0) is 30.3 Å². The topological polar surface area (TPSA) is 65.4 Å². The Bertz CT molecular complexity index is 969. The van der Waals surface area contributed by atoms with Crippen LogP contribution in [-0.2, 0) is 13.6 Å². The SMILES string of the molecule is COc1ccc(OC)c(-c2cc(C(=O)NCc3ccccc3F)nn2C)c1. The average molecular weight is 369 g/mol. The molecule has 27 heavy (non-hydrogen) atoms. The number of hydrogen-bond donors (Lipinski definition) is 1. The second-order valence-electron chi connectivity index (χ2n) is 5.88. The molecule has 0 saturated heterocycles. The Hall–Kier alpha value is -3.35. The van der Waals surface area contributed by atoms with Crippen molar-refractivity contribution in [3.05, 3.63) is 65.6 Å². The molecule has 0 aliphatic carbocycles. The van der Waals surface area contributed by atoms with Crippen LogP contribution in [-0.4, -0.2) is 29.9 Å². The molecule has 7 heteroatoms. The number of nitrogens with zero attached hydrogens (tertiary/aromatic N) is 2. The van der Waals surface area contributed by atoms with Gasteiger partial charge in [0.25, 0.3) is 5.91 Å². The molecule has 1 heterocycles. The van der Waals surface area contributed by atoms with Crippen LogP contribution in [0.2, 0.25) is 0 Å². The van der Waals surface area contributed by atoms with Gasteiger partial charge in [-0.25, -0.2) is 4.39 Å². The maximum Gasteiger partial charge on any atom is 0.272 e. The molecule has 2 aromatic carbocycles. The first-order valence-electron chi connectivity index (χ1n) is 8.31. The third-order valence-electron chi connectivity index (χ3n) is 4.19. The molecule has 0 atom stereocenters. The summed E-state index contributed by atoms with van der Waals surface area (Å²) < 4.78 is 26.0.